The summed E-state index contributed by atoms with van der Waals surface area (Å²) in [5.41, 5.74) is 3.36. The summed E-state index contributed by atoms with van der Waals surface area (Å²) >= 11 is 2.40. The number of rotatable bonds is 8. The molecule has 0 saturated heterocycles. The summed E-state index contributed by atoms with van der Waals surface area (Å²) in [6.45, 7) is 0. The van der Waals surface area contributed by atoms with Gasteiger partial charge in [0.05, 0.1) is 5.75 Å². The minimum Gasteiger partial charge on any atom is -0.325 e. The molecule has 0 radical (unpaired) electrons. The number of hydrogen-bond acceptors (Lipinski definition) is 6. The highest BCUT2D eigenvalue weighted by molar-refractivity contribution is 8.01. The van der Waals surface area contributed by atoms with E-state index < -0.39 is 0 Å². The fourth-order valence-corrected chi connectivity index (χ4v) is 4.50. The number of nitrogens with zero attached hydrogens (tertiary/aromatic N) is 2. The minimum absolute atomic E-state index is 0.114. The van der Waals surface area contributed by atoms with Gasteiger partial charge >= 0.3 is 0 Å². The smallest absolute Gasteiger partial charge is 0.257 e. The van der Waals surface area contributed by atoms with Crippen molar-refractivity contribution in [1.29, 1.82) is 0 Å². The number of thioether (sulfide) groups is 1. The third-order valence-corrected chi connectivity index (χ3v) is 6.52. The van der Waals surface area contributed by atoms with Crippen LogP contribution in [0.4, 0.5) is 15.2 Å². The Balaban J connectivity index is 1.26. The Morgan fingerprint density at radius 3 is 2.27 bits per heavy atom. The molecule has 1 aromatic heterocycles. The molecule has 1 heterocycles. The first-order valence-electron chi connectivity index (χ1n) is 10.0. The zero-order valence-electron chi connectivity index (χ0n) is 17.3. The van der Waals surface area contributed by atoms with Crippen LogP contribution >= 0.6 is 23.1 Å². The molecule has 0 aliphatic carbocycles. The number of nitrogens with one attached hydrogen (secondary N) is 2. The van der Waals surface area contributed by atoms with Gasteiger partial charge in [-0.05, 0) is 53.9 Å². The molecule has 0 aliphatic rings. The second-order valence-electron chi connectivity index (χ2n) is 7.03. The summed E-state index contributed by atoms with van der Waals surface area (Å²) in [7, 11) is 0. The van der Waals surface area contributed by atoms with E-state index in [4.69, 9.17) is 0 Å². The highest BCUT2D eigenvalue weighted by atomic mass is 32.2. The molecule has 0 unspecified atom stereocenters. The van der Waals surface area contributed by atoms with Crippen LogP contribution < -0.4 is 10.6 Å². The van der Waals surface area contributed by atoms with E-state index in [9.17, 15) is 14.0 Å². The average Bonchev–Trinajstić information content (AvgIpc) is 3.27. The molecule has 0 spiro atoms. The molecule has 4 aromatic rings. The van der Waals surface area contributed by atoms with Crippen LogP contribution in [0.5, 0.6) is 0 Å². The summed E-state index contributed by atoms with van der Waals surface area (Å²) in [5.74, 6) is -0.775. The number of hydrogen-bond donors (Lipinski definition) is 2. The van der Waals surface area contributed by atoms with Crippen LogP contribution in [0.25, 0.3) is 0 Å². The first-order valence-corrected chi connectivity index (χ1v) is 11.8. The number of anilines is 2. The summed E-state index contributed by atoms with van der Waals surface area (Å²) in [6, 6.07) is 23.1. The number of aromatic nitrogens is 2. The average molecular weight is 479 g/mol. The van der Waals surface area contributed by atoms with Gasteiger partial charge in [0.25, 0.3) is 5.91 Å². The molecular formula is C24H19FN4O2S2. The Hall–Kier alpha value is -3.56. The lowest BCUT2D eigenvalue weighted by Crippen LogP contribution is -2.13. The summed E-state index contributed by atoms with van der Waals surface area (Å²) < 4.78 is 13.5. The molecule has 2 N–H and O–H groups in total. The lowest BCUT2D eigenvalue weighted by atomic mass is 10.0. The van der Waals surface area contributed by atoms with Crippen LogP contribution in [-0.4, -0.2) is 27.8 Å². The van der Waals surface area contributed by atoms with Gasteiger partial charge in [0.15, 0.2) is 4.34 Å². The van der Waals surface area contributed by atoms with Crippen molar-refractivity contribution >= 4 is 45.7 Å². The maximum atomic E-state index is 12.9. The van der Waals surface area contributed by atoms with E-state index >= 15 is 0 Å². The van der Waals surface area contributed by atoms with Crippen LogP contribution in [0.2, 0.25) is 0 Å². The zero-order chi connectivity index (χ0) is 23.0. The van der Waals surface area contributed by atoms with Crippen molar-refractivity contribution in [3.05, 3.63) is 101 Å². The number of amides is 2. The van der Waals surface area contributed by atoms with Gasteiger partial charge in [-0.25, -0.2) is 4.39 Å². The fourth-order valence-electron chi connectivity index (χ4n) is 2.95. The van der Waals surface area contributed by atoms with Crippen molar-refractivity contribution in [3.8, 4) is 0 Å². The van der Waals surface area contributed by atoms with Crippen LogP contribution in [0.15, 0.2) is 83.2 Å². The number of benzene rings is 3. The Bertz CT molecular complexity index is 1230. The lowest BCUT2D eigenvalue weighted by molar-refractivity contribution is -0.113. The zero-order valence-corrected chi connectivity index (χ0v) is 19.0. The summed E-state index contributed by atoms with van der Waals surface area (Å²) in [6.07, 6.45) is 0.800. The van der Waals surface area contributed by atoms with Crippen LogP contribution in [0.1, 0.15) is 21.5 Å². The van der Waals surface area contributed by atoms with Crippen molar-refractivity contribution in [2.24, 2.45) is 0 Å². The predicted octanol–water partition coefficient (Wildman–Crippen LogP) is 5.25. The molecule has 33 heavy (non-hydrogen) atoms. The van der Waals surface area contributed by atoms with Crippen LogP contribution in [0, 0.1) is 5.82 Å². The molecule has 2 amide bonds. The standard InChI is InChI=1S/C24H19FN4O2S2/c25-19-10-12-20(13-11-19)26-21(30)15-32-24-29-28-23(33-24)27-22(31)18-8-6-17(7-9-18)14-16-4-2-1-3-5-16/h1-13H,14-15H2,(H,26,30)(H,27,28,31). The Morgan fingerprint density at radius 1 is 0.848 bits per heavy atom. The van der Waals surface area contributed by atoms with Gasteiger partial charge in [-0.15, -0.1) is 10.2 Å². The second kappa shape index (κ2) is 10.8. The first-order chi connectivity index (χ1) is 16.0. The molecule has 0 atom stereocenters. The van der Waals surface area contributed by atoms with Gasteiger partial charge in [0.2, 0.25) is 11.0 Å². The largest absolute Gasteiger partial charge is 0.325 e. The van der Waals surface area contributed by atoms with Gasteiger partial charge in [0.1, 0.15) is 5.82 Å². The Morgan fingerprint density at radius 2 is 1.55 bits per heavy atom. The van der Waals surface area contributed by atoms with Crippen molar-refractivity contribution in [2.75, 3.05) is 16.4 Å². The van der Waals surface area contributed by atoms with Crippen LogP contribution in [-0.2, 0) is 11.2 Å². The van der Waals surface area contributed by atoms with Crippen molar-refractivity contribution in [1.82, 2.24) is 10.2 Å². The molecule has 3 aromatic carbocycles. The number of carbonyl (C=O) groups is 2. The van der Waals surface area contributed by atoms with Gasteiger partial charge < -0.3 is 5.32 Å². The van der Waals surface area contributed by atoms with Crippen molar-refractivity contribution in [3.63, 3.8) is 0 Å². The maximum Gasteiger partial charge on any atom is 0.257 e. The van der Waals surface area contributed by atoms with E-state index in [-0.39, 0.29) is 23.4 Å². The molecule has 0 bridgehead atoms. The highest BCUT2D eigenvalue weighted by Crippen LogP contribution is 2.26. The van der Waals surface area contributed by atoms with E-state index in [1.165, 1.54) is 52.9 Å². The summed E-state index contributed by atoms with van der Waals surface area (Å²) in [4.78, 5) is 24.6. The lowest BCUT2D eigenvalue weighted by Gasteiger charge is -2.04. The van der Waals surface area contributed by atoms with Crippen molar-refractivity contribution < 1.29 is 14.0 Å². The predicted molar refractivity (Wildman–Crippen MR) is 129 cm³/mol. The summed E-state index contributed by atoms with van der Waals surface area (Å²) in [5, 5.41) is 13.7. The molecule has 4 rings (SSSR count). The third-order valence-electron chi connectivity index (χ3n) is 4.55. The van der Waals surface area contributed by atoms with E-state index in [1.807, 2.05) is 30.3 Å². The maximum absolute atomic E-state index is 12.9. The minimum atomic E-state index is -0.367. The first kappa shape index (κ1) is 22.6. The Kier molecular flexibility index (Phi) is 7.43. The third kappa shape index (κ3) is 6.71. The van der Waals surface area contributed by atoms with E-state index in [2.05, 4.69) is 33.0 Å². The molecule has 6 nitrogen and oxygen atoms in total. The molecule has 9 heteroatoms. The number of carbonyl (C=O) groups excluding carboxylic acids is 2. The van der Waals surface area contributed by atoms with E-state index in [0.717, 1.165) is 12.0 Å². The quantitative estimate of drug-likeness (QED) is 0.267. The van der Waals surface area contributed by atoms with Gasteiger partial charge in [0, 0.05) is 11.3 Å². The number of halogens is 1. The van der Waals surface area contributed by atoms with Gasteiger partial charge in [-0.3, -0.25) is 14.9 Å². The van der Waals surface area contributed by atoms with E-state index in [0.29, 0.717) is 20.7 Å². The fraction of sp³-hybridized carbons (Fsp3) is 0.0833. The molecule has 0 saturated carbocycles. The van der Waals surface area contributed by atoms with Gasteiger partial charge in [-0.2, -0.15) is 0 Å². The van der Waals surface area contributed by atoms with Crippen molar-refractivity contribution in [2.45, 2.75) is 10.8 Å². The Labute approximate surface area is 198 Å². The van der Waals surface area contributed by atoms with E-state index in [1.54, 1.807) is 12.1 Å². The van der Waals surface area contributed by atoms with Gasteiger partial charge in [-0.1, -0.05) is 65.6 Å². The molecule has 0 fully saturated rings. The monoisotopic (exact) mass is 478 g/mol. The SMILES string of the molecule is O=C(CSc1nnc(NC(=O)c2ccc(Cc3ccccc3)cc2)s1)Nc1ccc(F)cc1. The molecule has 166 valence electrons. The second-order valence-corrected chi connectivity index (χ2v) is 9.23. The van der Waals surface area contributed by atoms with Crippen LogP contribution in [0.3, 0.4) is 0 Å². The highest BCUT2D eigenvalue weighted by Gasteiger charge is 2.12. The molecule has 0 aliphatic heterocycles. The normalized spacial score (nSPS) is 10.6. The topological polar surface area (TPSA) is 84.0 Å². The molecular weight excluding hydrogens is 459 g/mol.